The minimum Gasteiger partial charge on any atom is -0.493 e. The van der Waals surface area contributed by atoms with E-state index in [9.17, 15) is 4.79 Å². The fourth-order valence-corrected chi connectivity index (χ4v) is 3.85. The fourth-order valence-electron chi connectivity index (χ4n) is 2.11. The summed E-state index contributed by atoms with van der Waals surface area (Å²) in [5.74, 6) is 0.891. The van der Waals surface area contributed by atoms with Gasteiger partial charge in [0.25, 0.3) is 0 Å². The number of thiazole rings is 1. The summed E-state index contributed by atoms with van der Waals surface area (Å²) in [6.45, 7) is 0.109. The summed E-state index contributed by atoms with van der Waals surface area (Å²) < 4.78 is 16.4. The van der Waals surface area contributed by atoms with Crippen molar-refractivity contribution in [1.29, 1.82) is 0 Å². The SMILES string of the molecule is COc1ccc(-c2nc(COC(=O)c3ccc(Cl)s3)cs2)cc1OC. The van der Waals surface area contributed by atoms with Gasteiger partial charge in [-0.2, -0.15) is 0 Å². The monoisotopic (exact) mass is 395 g/mol. The van der Waals surface area contributed by atoms with Gasteiger partial charge in [-0.05, 0) is 30.3 Å². The zero-order chi connectivity index (χ0) is 17.8. The molecule has 1 aromatic carbocycles. The van der Waals surface area contributed by atoms with Crippen LogP contribution in [0.4, 0.5) is 0 Å². The van der Waals surface area contributed by atoms with Crippen LogP contribution < -0.4 is 9.47 Å². The van der Waals surface area contributed by atoms with Crippen LogP contribution in [0, 0.1) is 0 Å². The second-order valence-corrected chi connectivity index (χ2v) is 7.47. The fraction of sp³-hybridized carbons (Fsp3) is 0.176. The molecule has 2 heterocycles. The largest absolute Gasteiger partial charge is 0.493 e. The molecule has 0 aliphatic heterocycles. The molecule has 0 spiro atoms. The predicted octanol–water partition coefficient (Wildman–Crippen LogP) is 4.90. The second-order valence-electron chi connectivity index (χ2n) is 4.89. The first-order valence-electron chi connectivity index (χ1n) is 7.20. The molecule has 0 amide bonds. The highest BCUT2D eigenvalue weighted by Gasteiger charge is 2.13. The number of carbonyl (C=O) groups excluding carboxylic acids is 1. The molecule has 3 aromatic rings. The summed E-state index contributed by atoms with van der Waals surface area (Å²) in [5.41, 5.74) is 1.59. The number of aromatic nitrogens is 1. The summed E-state index contributed by atoms with van der Waals surface area (Å²) in [6, 6.07) is 8.91. The van der Waals surface area contributed by atoms with E-state index in [4.69, 9.17) is 25.8 Å². The van der Waals surface area contributed by atoms with Crippen LogP contribution >= 0.6 is 34.3 Å². The van der Waals surface area contributed by atoms with Gasteiger partial charge in [0.2, 0.25) is 0 Å². The Labute approximate surface area is 157 Å². The number of ether oxygens (including phenoxy) is 3. The van der Waals surface area contributed by atoms with Crippen LogP contribution in [0.3, 0.4) is 0 Å². The van der Waals surface area contributed by atoms with Crippen molar-refractivity contribution in [3.05, 3.63) is 50.6 Å². The van der Waals surface area contributed by atoms with E-state index in [0.717, 1.165) is 10.6 Å². The van der Waals surface area contributed by atoms with Crippen LogP contribution in [0.25, 0.3) is 10.6 Å². The molecule has 0 atom stereocenters. The number of carbonyl (C=O) groups is 1. The highest BCUT2D eigenvalue weighted by atomic mass is 35.5. The average Bonchev–Trinajstić information content (AvgIpc) is 3.28. The van der Waals surface area contributed by atoms with Gasteiger partial charge in [-0.25, -0.2) is 9.78 Å². The Morgan fingerprint density at radius 1 is 1.16 bits per heavy atom. The van der Waals surface area contributed by atoms with E-state index in [0.29, 0.717) is 26.4 Å². The van der Waals surface area contributed by atoms with Crippen LogP contribution in [0.1, 0.15) is 15.4 Å². The van der Waals surface area contributed by atoms with Crippen LogP contribution in [-0.4, -0.2) is 25.2 Å². The third-order valence-electron chi connectivity index (χ3n) is 3.31. The first-order chi connectivity index (χ1) is 12.1. The Morgan fingerprint density at radius 2 is 1.96 bits per heavy atom. The van der Waals surface area contributed by atoms with E-state index in [1.54, 1.807) is 26.4 Å². The molecule has 5 nitrogen and oxygen atoms in total. The molecular weight excluding hydrogens is 382 g/mol. The van der Waals surface area contributed by atoms with Gasteiger partial charge < -0.3 is 14.2 Å². The van der Waals surface area contributed by atoms with Crippen LogP contribution in [-0.2, 0) is 11.3 Å². The molecule has 8 heteroatoms. The van der Waals surface area contributed by atoms with Crippen molar-refractivity contribution in [3.63, 3.8) is 0 Å². The number of rotatable bonds is 6. The quantitative estimate of drug-likeness (QED) is 0.555. The smallest absolute Gasteiger partial charge is 0.348 e. The first kappa shape index (κ1) is 17.7. The predicted molar refractivity (Wildman–Crippen MR) is 99.1 cm³/mol. The molecule has 0 aliphatic carbocycles. The van der Waals surface area contributed by atoms with Gasteiger partial charge in [-0.1, -0.05) is 11.6 Å². The summed E-state index contributed by atoms with van der Waals surface area (Å²) >= 11 is 8.48. The number of thiophene rings is 1. The Morgan fingerprint density at radius 3 is 2.64 bits per heavy atom. The number of halogens is 1. The average molecular weight is 396 g/mol. The molecule has 0 saturated heterocycles. The third kappa shape index (κ3) is 4.12. The van der Waals surface area contributed by atoms with E-state index in [2.05, 4.69) is 4.98 Å². The first-order valence-corrected chi connectivity index (χ1v) is 9.27. The van der Waals surface area contributed by atoms with E-state index >= 15 is 0 Å². The number of hydrogen-bond acceptors (Lipinski definition) is 7. The van der Waals surface area contributed by atoms with Crippen molar-refractivity contribution in [2.24, 2.45) is 0 Å². The van der Waals surface area contributed by atoms with E-state index in [-0.39, 0.29) is 6.61 Å². The Bertz CT molecular complexity index is 890. The zero-order valence-corrected chi connectivity index (χ0v) is 15.8. The van der Waals surface area contributed by atoms with Crippen molar-refractivity contribution >= 4 is 40.2 Å². The molecule has 0 radical (unpaired) electrons. The van der Waals surface area contributed by atoms with E-state index in [1.807, 2.05) is 23.6 Å². The van der Waals surface area contributed by atoms with Gasteiger partial charge in [-0.15, -0.1) is 22.7 Å². The van der Waals surface area contributed by atoms with E-state index < -0.39 is 5.97 Å². The maximum atomic E-state index is 11.9. The second kappa shape index (κ2) is 7.86. The lowest BCUT2D eigenvalue weighted by Crippen LogP contribution is -2.03. The molecule has 3 rings (SSSR count). The van der Waals surface area contributed by atoms with Gasteiger partial charge in [0, 0.05) is 10.9 Å². The molecule has 2 aromatic heterocycles. The number of hydrogen-bond donors (Lipinski definition) is 0. The highest BCUT2D eigenvalue weighted by molar-refractivity contribution is 7.17. The Hall–Kier alpha value is -2.09. The number of benzene rings is 1. The van der Waals surface area contributed by atoms with Crippen molar-refractivity contribution < 1.29 is 19.0 Å². The van der Waals surface area contributed by atoms with Crippen molar-refractivity contribution in [2.75, 3.05) is 14.2 Å². The third-order valence-corrected chi connectivity index (χ3v) is 5.46. The number of methoxy groups -OCH3 is 2. The molecule has 0 bridgehead atoms. The molecule has 130 valence electrons. The van der Waals surface area contributed by atoms with Crippen molar-refractivity contribution in [1.82, 2.24) is 4.98 Å². The topological polar surface area (TPSA) is 57.7 Å². The molecule has 0 unspecified atom stereocenters. The molecule has 0 aliphatic rings. The van der Waals surface area contributed by atoms with Gasteiger partial charge >= 0.3 is 5.97 Å². The highest BCUT2D eigenvalue weighted by Crippen LogP contribution is 2.33. The Kier molecular flexibility index (Phi) is 5.57. The maximum absolute atomic E-state index is 11.9. The number of nitrogens with zero attached hydrogens (tertiary/aromatic N) is 1. The maximum Gasteiger partial charge on any atom is 0.348 e. The van der Waals surface area contributed by atoms with Crippen molar-refractivity contribution in [3.8, 4) is 22.1 Å². The van der Waals surface area contributed by atoms with Crippen LogP contribution in [0.5, 0.6) is 11.5 Å². The standard InChI is InChI=1S/C17H14ClNO4S2/c1-21-12-4-3-10(7-13(12)22-2)16-19-11(9-24-16)8-23-17(20)14-5-6-15(18)25-14/h3-7,9H,8H2,1-2H3. The lowest BCUT2D eigenvalue weighted by molar-refractivity contribution is 0.0474. The van der Waals surface area contributed by atoms with Gasteiger partial charge in [-0.3, -0.25) is 0 Å². The lowest BCUT2D eigenvalue weighted by atomic mass is 10.2. The van der Waals surface area contributed by atoms with Gasteiger partial charge in [0.15, 0.2) is 11.5 Å². The minimum absolute atomic E-state index is 0.109. The molecular formula is C17H14ClNO4S2. The lowest BCUT2D eigenvalue weighted by Gasteiger charge is -2.08. The van der Waals surface area contributed by atoms with Gasteiger partial charge in [0.05, 0.1) is 24.2 Å². The summed E-state index contributed by atoms with van der Waals surface area (Å²) in [7, 11) is 3.18. The zero-order valence-electron chi connectivity index (χ0n) is 13.4. The molecule has 0 N–H and O–H groups in total. The van der Waals surface area contributed by atoms with Crippen molar-refractivity contribution in [2.45, 2.75) is 6.61 Å². The number of esters is 1. The molecule has 0 saturated carbocycles. The van der Waals surface area contributed by atoms with E-state index in [1.165, 1.54) is 22.7 Å². The van der Waals surface area contributed by atoms with Crippen LogP contribution in [0.2, 0.25) is 4.34 Å². The summed E-state index contributed by atoms with van der Waals surface area (Å²) in [5, 5.41) is 2.67. The van der Waals surface area contributed by atoms with Gasteiger partial charge in [0.1, 0.15) is 16.5 Å². The minimum atomic E-state index is -0.405. The molecule has 0 fully saturated rings. The normalized spacial score (nSPS) is 10.5. The summed E-state index contributed by atoms with van der Waals surface area (Å²) in [4.78, 5) is 16.9. The molecule has 25 heavy (non-hydrogen) atoms. The Balaban J connectivity index is 1.69. The van der Waals surface area contributed by atoms with Crippen LogP contribution in [0.15, 0.2) is 35.7 Å². The summed E-state index contributed by atoms with van der Waals surface area (Å²) in [6.07, 6.45) is 0.